The zero-order valence-corrected chi connectivity index (χ0v) is 9.60. The SMILES string of the molecule is COCCCC(=O)c1cccc(C(N)=O)c1O. The van der Waals surface area contributed by atoms with E-state index in [0.717, 1.165) is 0 Å². The van der Waals surface area contributed by atoms with Crippen molar-refractivity contribution in [3.05, 3.63) is 29.3 Å². The molecule has 0 radical (unpaired) electrons. The second kappa shape index (κ2) is 6.00. The van der Waals surface area contributed by atoms with Crippen LogP contribution in [0.4, 0.5) is 0 Å². The van der Waals surface area contributed by atoms with Gasteiger partial charge in [-0.2, -0.15) is 0 Å². The summed E-state index contributed by atoms with van der Waals surface area (Å²) in [5, 5.41) is 9.73. The van der Waals surface area contributed by atoms with Crippen molar-refractivity contribution in [2.45, 2.75) is 12.8 Å². The Labute approximate surface area is 99.2 Å². The van der Waals surface area contributed by atoms with E-state index in [1.54, 1.807) is 7.11 Å². The van der Waals surface area contributed by atoms with Crippen molar-refractivity contribution in [1.29, 1.82) is 0 Å². The maximum absolute atomic E-state index is 11.7. The highest BCUT2D eigenvalue weighted by atomic mass is 16.5. The normalized spacial score (nSPS) is 10.2. The first-order valence-electron chi connectivity index (χ1n) is 5.22. The minimum absolute atomic E-state index is 0.0393. The van der Waals surface area contributed by atoms with E-state index in [1.165, 1.54) is 18.2 Å². The molecule has 0 aromatic heterocycles. The number of hydrogen-bond donors (Lipinski definition) is 2. The van der Waals surface area contributed by atoms with Gasteiger partial charge in [0.2, 0.25) is 0 Å². The molecule has 1 aromatic carbocycles. The summed E-state index contributed by atoms with van der Waals surface area (Å²) in [7, 11) is 1.55. The standard InChI is InChI=1S/C12H15NO4/c1-17-7-3-6-10(14)8-4-2-5-9(11(8)15)12(13)16/h2,4-5,15H,3,6-7H2,1H3,(H2,13,16). The highest BCUT2D eigenvalue weighted by Gasteiger charge is 2.16. The van der Waals surface area contributed by atoms with Gasteiger partial charge >= 0.3 is 0 Å². The molecule has 3 N–H and O–H groups in total. The number of amides is 1. The summed E-state index contributed by atoms with van der Waals surface area (Å²) in [6.07, 6.45) is 0.819. The molecule has 5 nitrogen and oxygen atoms in total. The lowest BCUT2D eigenvalue weighted by atomic mass is 10.0. The van der Waals surface area contributed by atoms with E-state index in [9.17, 15) is 14.7 Å². The summed E-state index contributed by atoms with van der Waals surface area (Å²) >= 11 is 0. The fourth-order valence-corrected chi connectivity index (χ4v) is 1.48. The first-order chi connectivity index (χ1) is 8.07. The number of para-hydroxylation sites is 1. The molecule has 0 heterocycles. The summed E-state index contributed by atoms with van der Waals surface area (Å²) in [4.78, 5) is 22.7. The van der Waals surface area contributed by atoms with Gasteiger partial charge in [0, 0.05) is 20.1 Å². The fourth-order valence-electron chi connectivity index (χ4n) is 1.48. The van der Waals surface area contributed by atoms with Crippen LogP contribution in [-0.2, 0) is 4.74 Å². The van der Waals surface area contributed by atoms with E-state index in [-0.39, 0.29) is 29.1 Å². The third-order valence-corrected chi connectivity index (χ3v) is 2.35. The van der Waals surface area contributed by atoms with Crippen LogP contribution in [0.25, 0.3) is 0 Å². The number of aromatic hydroxyl groups is 1. The van der Waals surface area contributed by atoms with Crippen molar-refractivity contribution in [2.24, 2.45) is 5.73 Å². The van der Waals surface area contributed by atoms with Gasteiger partial charge in [0.1, 0.15) is 5.75 Å². The van der Waals surface area contributed by atoms with Crippen molar-refractivity contribution >= 4 is 11.7 Å². The highest BCUT2D eigenvalue weighted by Crippen LogP contribution is 2.23. The van der Waals surface area contributed by atoms with E-state index in [0.29, 0.717) is 13.0 Å². The summed E-state index contributed by atoms with van der Waals surface area (Å²) in [5.74, 6) is -1.33. The van der Waals surface area contributed by atoms with Crippen LogP contribution in [-0.4, -0.2) is 30.5 Å². The number of carbonyl (C=O) groups is 2. The molecule has 1 amide bonds. The minimum atomic E-state index is -0.756. The molecule has 0 unspecified atom stereocenters. The second-order valence-electron chi connectivity index (χ2n) is 3.59. The number of ketones is 1. The number of rotatable bonds is 6. The molecule has 0 fully saturated rings. The molecule has 1 aromatic rings. The molecule has 0 saturated carbocycles. The van der Waals surface area contributed by atoms with Crippen LogP contribution in [0.1, 0.15) is 33.6 Å². The number of methoxy groups -OCH3 is 1. The Morgan fingerprint density at radius 1 is 1.35 bits per heavy atom. The fraction of sp³-hybridized carbons (Fsp3) is 0.333. The van der Waals surface area contributed by atoms with Crippen LogP contribution >= 0.6 is 0 Å². The number of primary amides is 1. The predicted octanol–water partition coefficient (Wildman–Crippen LogP) is 1.10. The molecular formula is C12H15NO4. The molecule has 0 bridgehead atoms. The number of phenols is 1. The molecule has 0 atom stereocenters. The molecule has 0 saturated heterocycles. The van der Waals surface area contributed by atoms with E-state index in [4.69, 9.17) is 10.5 Å². The maximum Gasteiger partial charge on any atom is 0.252 e. The topological polar surface area (TPSA) is 89.6 Å². The molecule has 92 valence electrons. The molecule has 5 heteroatoms. The Kier molecular flexibility index (Phi) is 4.66. The number of benzene rings is 1. The van der Waals surface area contributed by atoms with Gasteiger partial charge < -0.3 is 15.6 Å². The zero-order valence-electron chi connectivity index (χ0n) is 9.60. The Balaban J connectivity index is 2.87. The van der Waals surface area contributed by atoms with Crippen LogP contribution in [0.3, 0.4) is 0 Å². The molecular weight excluding hydrogens is 222 g/mol. The largest absolute Gasteiger partial charge is 0.506 e. The summed E-state index contributed by atoms with van der Waals surface area (Å²) in [5.41, 5.74) is 5.16. The van der Waals surface area contributed by atoms with Gasteiger partial charge in [-0.1, -0.05) is 6.07 Å². The summed E-state index contributed by atoms with van der Waals surface area (Å²) < 4.78 is 4.83. The van der Waals surface area contributed by atoms with Crippen LogP contribution in [0, 0.1) is 0 Å². The van der Waals surface area contributed by atoms with Crippen LogP contribution in [0.15, 0.2) is 18.2 Å². The average Bonchev–Trinajstić information content (AvgIpc) is 2.29. The van der Waals surface area contributed by atoms with Gasteiger partial charge in [-0.05, 0) is 18.6 Å². The number of hydrogen-bond acceptors (Lipinski definition) is 4. The Bertz CT molecular complexity index is 429. The summed E-state index contributed by atoms with van der Waals surface area (Å²) in [6.45, 7) is 0.474. The van der Waals surface area contributed by atoms with Gasteiger partial charge in [-0.25, -0.2) is 0 Å². The maximum atomic E-state index is 11.7. The molecule has 0 aliphatic carbocycles. The molecule has 0 aliphatic heterocycles. The molecule has 0 aliphatic rings. The van der Waals surface area contributed by atoms with Crippen LogP contribution < -0.4 is 5.73 Å². The first kappa shape index (κ1) is 13.2. The van der Waals surface area contributed by atoms with Crippen LogP contribution in [0.2, 0.25) is 0 Å². The Morgan fingerprint density at radius 2 is 2.00 bits per heavy atom. The predicted molar refractivity (Wildman–Crippen MR) is 62.1 cm³/mol. The third kappa shape index (κ3) is 3.29. The van der Waals surface area contributed by atoms with E-state index >= 15 is 0 Å². The van der Waals surface area contributed by atoms with Gasteiger partial charge in [0.25, 0.3) is 5.91 Å². The lowest BCUT2D eigenvalue weighted by Crippen LogP contribution is -2.12. The lowest BCUT2D eigenvalue weighted by Gasteiger charge is -2.06. The van der Waals surface area contributed by atoms with Crippen molar-refractivity contribution < 1.29 is 19.4 Å². The van der Waals surface area contributed by atoms with Gasteiger partial charge in [0.15, 0.2) is 5.78 Å². The van der Waals surface area contributed by atoms with Gasteiger partial charge in [-0.15, -0.1) is 0 Å². The number of carbonyl (C=O) groups excluding carboxylic acids is 2. The molecule has 17 heavy (non-hydrogen) atoms. The first-order valence-corrected chi connectivity index (χ1v) is 5.22. The Hall–Kier alpha value is -1.88. The van der Waals surface area contributed by atoms with Crippen LogP contribution in [0.5, 0.6) is 5.75 Å². The second-order valence-corrected chi connectivity index (χ2v) is 3.59. The van der Waals surface area contributed by atoms with Crippen molar-refractivity contribution in [2.75, 3.05) is 13.7 Å². The Morgan fingerprint density at radius 3 is 2.59 bits per heavy atom. The summed E-state index contributed by atoms with van der Waals surface area (Å²) in [6, 6.07) is 4.36. The van der Waals surface area contributed by atoms with Crippen molar-refractivity contribution in [3.63, 3.8) is 0 Å². The van der Waals surface area contributed by atoms with Crippen molar-refractivity contribution in [1.82, 2.24) is 0 Å². The van der Waals surface area contributed by atoms with E-state index in [1.807, 2.05) is 0 Å². The number of ether oxygens (including phenoxy) is 1. The third-order valence-electron chi connectivity index (χ3n) is 2.35. The lowest BCUT2D eigenvalue weighted by molar-refractivity contribution is 0.0960. The van der Waals surface area contributed by atoms with Gasteiger partial charge in [-0.3, -0.25) is 9.59 Å². The van der Waals surface area contributed by atoms with Gasteiger partial charge in [0.05, 0.1) is 11.1 Å². The van der Waals surface area contributed by atoms with E-state index in [2.05, 4.69) is 0 Å². The monoisotopic (exact) mass is 237 g/mol. The number of Topliss-reactive ketones (excluding diaryl/α,β-unsaturated/α-hetero) is 1. The van der Waals surface area contributed by atoms with Crippen molar-refractivity contribution in [3.8, 4) is 5.75 Å². The quantitative estimate of drug-likeness (QED) is 0.572. The highest BCUT2D eigenvalue weighted by molar-refractivity contribution is 6.04. The number of nitrogens with two attached hydrogens (primary N) is 1. The minimum Gasteiger partial charge on any atom is -0.506 e. The zero-order chi connectivity index (χ0) is 12.8. The smallest absolute Gasteiger partial charge is 0.252 e. The van der Waals surface area contributed by atoms with E-state index < -0.39 is 5.91 Å². The molecule has 0 spiro atoms. The average molecular weight is 237 g/mol. The molecule has 1 rings (SSSR count).